The number of carbonyl (C=O) groups excluding carboxylic acids is 1. The van der Waals surface area contributed by atoms with Crippen molar-refractivity contribution in [3.8, 4) is 0 Å². The number of rotatable bonds is 4. The van der Waals surface area contributed by atoms with Crippen molar-refractivity contribution in [2.45, 2.75) is 31.4 Å². The summed E-state index contributed by atoms with van der Waals surface area (Å²) in [6.07, 6.45) is 1.34. The number of aliphatic hydroxyl groups excluding tert-OH is 1. The number of hydrogen-bond acceptors (Lipinski definition) is 4. The van der Waals surface area contributed by atoms with Gasteiger partial charge >= 0.3 is 5.97 Å². The van der Waals surface area contributed by atoms with Gasteiger partial charge in [-0.05, 0) is 19.8 Å². The molecule has 3 N–H and O–H groups in total. The number of carboxylic acid groups (broad SMARTS) is 1. The van der Waals surface area contributed by atoms with E-state index in [1.54, 1.807) is 6.92 Å². The van der Waals surface area contributed by atoms with Gasteiger partial charge in [0, 0.05) is 6.61 Å². The van der Waals surface area contributed by atoms with Crippen LogP contribution in [0.25, 0.3) is 0 Å². The number of aliphatic carboxylic acids is 1. The zero-order valence-corrected chi connectivity index (χ0v) is 8.52. The van der Waals surface area contributed by atoms with Crippen molar-refractivity contribution in [3.63, 3.8) is 0 Å². The van der Waals surface area contributed by atoms with Crippen molar-refractivity contribution in [3.05, 3.63) is 0 Å². The smallest absolute Gasteiger partial charge is 0.328 e. The Bertz CT molecular complexity index is 259. The highest BCUT2D eigenvalue weighted by Crippen LogP contribution is 2.25. The molecule has 0 radical (unpaired) electrons. The van der Waals surface area contributed by atoms with E-state index >= 15 is 0 Å². The van der Waals surface area contributed by atoms with Gasteiger partial charge < -0.3 is 20.3 Å². The lowest BCUT2D eigenvalue weighted by molar-refractivity contribution is -0.148. The van der Waals surface area contributed by atoms with Crippen molar-refractivity contribution in [1.82, 2.24) is 5.32 Å². The fraction of sp³-hybridized carbons (Fsp3) is 0.778. The Balaban J connectivity index is 2.57. The average molecular weight is 217 g/mol. The molecule has 6 nitrogen and oxygen atoms in total. The minimum Gasteiger partial charge on any atom is -0.480 e. The highest BCUT2D eigenvalue weighted by atomic mass is 16.5. The summed E-state index contributed by atoms with van der Waals surface area (Å²) < 4.78 is 5.24. The highest BCUT2D eigenvalue weighted by Gasteiger charge is 2.39. The summed E-state index contributed by atoms with van der Waals surface area (Å²) in [6.45, 7) is 1.49. The maximum atomic E-state index is 11.6. The van der Waals surface area contributed by atoms with Gasteiger partial charge in [-0.25, -0.2) is 4.79 Å². The number of ether oxygens (including phenoxy) is 1. The first-order chi connectivity index (χ1) is 6.99. The van der Waals surface area contributed by atoms with E-state index < -0.39 is 30.1 Å². The van der Waals surface area contributed by atoms with Gasteiger partial charge in [0.1, 0.15) is 11.6 Å². The monoisotopic (exact) mass is 217 g/mol. The molecule has 0 spiro atoms. The molecular weight excluding hydrogens is 202 g/mol. The van der Waals surface area contributed by atoms with Crippen LogP contribution in [-0.2, 0) is 14.3 Å². The van der Waals surface area contributed by atoms with E-state index in [0.29, 0.717) is 13.0 Å². The second-order valence-corrected chi connectivity index (χ2v) is 3.73. The first-order valence-electron chi connectivity index (χ1n) is 4.78. The Morgan fingerprint density at radius 3 is 2.67 bits per heavy atom. The summed E-state index contributed by atoms with van der Waals surface area (Å²) in [5, 5.41) is 19.6. The lowest BCUT2D eigenvalue weighted by Crippen LogP contribution is -2.52. The summed E-state index contributed by atoms with van der Waals surface area (Å²) in [6, 6.07) is -1.27. The second kappa shape index (κ2) is 4.59. The van der Waals surface area contributed by atoms with Gasteiger partial charge in [-0.3, -0.25) is 4.79 Å². The van der Waals surface area contributed by atoms with Crippen LogP contribution in [0.5, 0.6) is 0 Å². The van der Waals surface area contributed by atoms with Crippen LogP contribution in [0.4, 0.5) is 0 Å². The molecule has 1 fully saturated rings. The molecule has 1 aliphatic heterocycles. The van der Waals surface area contributed by atoms with Crippen molar-refractivity contribution >= 4 is 11.9 Å². The molecule has 15 heavy (non-hydrogen) atoms. The van der Waals surface area contributed by atoms with Crippen LogP contribution in [0.3, 0.4) is 0 Å². The second-order valence-electron chi connectivity index (χ2n) is 3.73. The van der Waals surface area contributed by atoms with E-state index in [4.69, 9.17) is 14.9 Å². The fourth-order valence-corrected chi connectivity index (χ4v) is 1.45. The molecule has 2 atom stereocenters. The van der Waals surface area contributed by atoms with E-state index in [1.807, 2.05) is 0 Å². The van der Waals surface area contributed by atoms with Gasteiger partial charge in [0.25, 0.3) is 5.91 Å². The zero-order valence-electron chi connectivity index (χ0n) is 8.52. The quantitative estimate of drug-likeness (QED) is 0.568. The number of amides is 1. The Labute approximate surface area is 87.2 Å². The normalized spacial score (nSPS) is 27.3. The van der Waals surface area contributed by atoms with E-state index in [2.05, 4.69) is 5.32 Å². The molecule has 1 heterocycles. The van der Waals surface area contributed by atoms with Crippen LogP contribution in [0, 0.1) is 0 Å². The van der Waals surface area contributed by atoms with E-state index in [0.717, 1.165) is 6.42 Å². The molecule has 1 rings (SSSR count). The molecule has 0 saturated carbocycles. The van der Waals surface area contributed by atoms with Crippen molar-refractivity contribution in [2.24, 2.45) is 0 Å². The predicted octanol–water partition coefficient (Wildman–Crippen LogP) is -0.883. The number of aliphatic hydroxyl groups is 1. The summed E-state index contributed by atoms with van der Waals surface area (Å²) in [5.41, 5.74) is -0.955. The van der Waals surface area contributed by atoms with Gasteiger partial charge in [-0.1, -0.05) is 0 Å². The fourth-order valence-electron chi connectivity index (χ4n) is 1.45. The van der Waals surface area contributed by atoms with Gasteiger partial charge in [0.05, 0.1) is 6.61 Å². The first kappa shape index (κ1) is 11.9. The van der Waals surface area contributed by atoms with Gasteiger partial charge in [0.15, 0.2) is 0 Å². The summed E-state index contributed by atoms with van der Waals surface area (Å²) in [4.78, 5) is 22.2. The Morgan fingerprint density at radius 2 is 2.27 bits per heavy atom. The largest absolute Gasteiger partial charge is 0.480 e. The molecule has 0 aromatic heterocycles. The van der Waals surface area contributed by atoms with Crippen LogP contribution in [0.1, 0.15) is 19.8 Å². The third-order valence-corrected chi connectivity index (χ3v) is 2.49. The van der Waals surface area contributed by atoms with Crippen LogP contribution < -0.4 is 5.32 Å². The van der Waals surface area contributed by atoms with Crippen LogP contribution >= 0.6 is 0 Å². The van der Waals surface area contributed by atoms with Crippen molar-refractivity contribution < 1.29 is 24.5 Å². The lowest BCUT2D eigenvalue weighted by atomic mass is 10.0. The minimum absolute atomic E-state index is 0.485. The molecule has 86 valence electrons. The van der Waals surface area contributed by atoms with Gasteiger partial charge in [0.2, 0.25) is 0 Å². The minimum atomic E-state index is -1.27. The zero-order chi connectivity index (χ0) is 11.5. The summed E-state index contributed by atoms with van der Waals surface area (Å²) in [5.74, 6) is -1.74. The number of hydrogen-bond donors (Lipinski definition) is 3. The molecular formula is C9H15NO5. The van der Waals surface area contributed by atoms with Gasteiger partial charge in [-0.2, -0.15) is 0 Å². The topological polar surface area (TPSA) is 95.9 Å². The first-order valence-corrected chi connectivity index (χ1v) is 4.78. The molecule has 0 aliphatic carbocycles. The average Bonchev–Trinajstić information content (AvgIpc) is 2.61. The van der Waals surface area contributed by atoms with Crippen molar-refractivity contribution in [1.29, 1.82) is 0 Å². The lowest BCUT2D eigenvalue weighted by Gasteiger charge is -2.23. The summed E-state index contributed by atoms with van der Waals surface area (Å²) >= 11 is 0. The molecule has 1 amide bonds. The predicted molar refractivity (Wildman–Crippen MR) is 50.2 cm³/mol. The van der Waals surface area contributed by atoms with Crippen LogP contribution in [-0.4, -0.2) is 46.9 Å². The number of carbonyl (C=O) groups is 2. The molecule has 1 saturated heterocycles. The molecule has 2 unspecified atom stereocenters. The molecule has 1 aliphatic rings. The third kappa shape index (κ3) is 2.66. The molecule has 0 bridgehead atoms. The standard InChI is InChI=1S/C9H15NO5/c1-9(3-2-4-15-9)8(14)10-6(5-11)7(12)13/h6,11H,2-5H2,1H3,(H,10,14)(H,12,13). The maximum absolute atomic E-state index is 11.6. The van der Waals surface area contributed by atoms with Crippen LogP contribution in [0.2, 0.25) is 0 Å². The van der Waals surface area contributed by atoms with E-state index in [9.17, 15) is 9.59 Å². The van der Waals surface area contributed by atoms with E-state index in [1.165, 1.54) is 0 Å². The Kier molecular flexibility index (Phi) is 3.65. The highest BCUT2D eigenvalue weighted by molar-refractivity contribution is 5.89. The van der Waals surface area contributed by atoms with E-state index in [-0.39, 0.29) is 0 Å². The number of nitrogens with one attached hydrogen (secondary N) is 1. The third-order valence-electron chi connectivity index (χ3n) is 2.49. The Hall–Kier alpha value is -1.14. The summed E-state index contributed by atoms with van der Waals surface area (Å²) in [7, 11) is 0. The molecule has 0 aromatic carbocycles. The molecule has 0 aromatic rings. The van der Waals surface area contributed by atoms with Gasteiger partial charge in [-0.15, -0.1) is 0 Å². The Morgan fingerprint density at radius 1 is 1.60 bits per heavy atom. The van der Waals surface area contributed by atoms with Crippen LogP contribution in [0.15, 0.2) is 0 Å². The molecule has 6 heteroatoms. The van der Waals surface area contributed by atoms with Crippen molar-refractivity contribution in [2.75, 3.05) is 13.2 Å². The SMILES string of the molecule is CC1(C(=O)NC(CO)C(=O)O)CCCO1. The maximum Gasteiger partial charge on any atom is 0.328 e. The number of carboxylic acids is 1.